The Morgan fingerprint density at radius 2 is 1.40 bits per heavy atom. The van der Waals surface area contributed by atoms with Crippen molar-refractivity contribution >= 4 is 0 Å². The molecule has 0 spiro atoms. The van der Waals surface area contributed by atoms with Crippen molar-refractivity contribution in [1.82, 2.24) is 10.2 Å². The topological polar surface area (TPSA) is 52.2 Å². The molecule has 0 bridgehead atoms. The molecule has 0 aliphatic carbocycles. The Morgan fingerprint density at radius 1 is 0.800 bits per heavy atom. The minimum atomic E-state index is 0.345. The van der Waals surface area contributed by atoms with E-state index in [0.717, 1.165) is 55.4 Å². The van der Waals surface area contributed by atoms with Crippen LogP contribution in [0.15, 0.2) is 24.3 Å². The summed E-state index contributed by atoms with van der Waals surface area (Å²) in [5.74, 6) is 4.69. The number of methoxy groups -OCH3 is 4. The average molecular weight is 481 g/mol. The monoisotopic (exact) mass is 480 g/mol. The fraction of sp³-hybridized carbons (Fsp3) is 0.586. The number of hydrogen-bond acceptors (Lipinski definition) is 6. The van der Waals surface area contributed by atoms with E-state index in [1.54, 1.807) is 28.4 Å². The van der Waals surface area contributed by atoms with E-state index in [-0.39, 0.29) is 0 Å². The summed E-state index contributed by atoms with van der Waals surface area (Å²) < 4.78 is 22.5. The second kappa shape index (κ2) is 10.3. The Labute approximate surface area is 209 Å². The molecule has 3 aliphatic rings. The highest BCUT2D eigenvalue weighted by Crippen LogP contribution is 2.48. The van der Waals surface area contributed by atoms with E-state index in [1.807, 2.05) is 0 Å². The van der Waals surface area contributed by atoms with E-state index in [4.69, 9.17) is 18.9 Å². The van der Waals surface area contributed by atoms with Crippen molar-refractivity contribution in [3.8, 4) is 23.0 Å². The van der Waals surface area contributed by atoms with Crippen molar-refractivity contribution in [2.24, 2.45) is 11.8 Å². The minimum Gasteiger partial charge on any atom is -0.493 e. The maximum Gasteiger partial charge on any atom is 0.161 e. The highest BCUT2D eigenvalue weighted by Gasteiger charge is 2.40. The molecular weight excluding hydrogens is 440 g/mol. The number of ether oxygens (including phenoxy) is 4. The molecule has 0 saturated carbocycles. The first-order valence-corrected chi connectivity index (χ1v) is 13.1. The fourth-order valence-electron chi connectivity index (χ4n) is 6.74. The van der Waals surface area contributed by atoms with Gasteiger partial charge in [-0.05, 0) is 90.6 Å². The van der Waals surface area contributed by atoms with Gasteiger partial charge < -0.3 is 24.3 Å². The lowest BCUT2D eigenvalue weighted by Crippen LogP contribution is -2.46. The number of rotatable bonds is 7. The molecule has 0 aromatic heterocycles. The highest BCUT2D eigenvalue weighted by atomic mass is 16.5. The lowest BCUT2D eigenvalue weighted by Gasteiger charge is -2.48. The Hall–Kier alpha value is -2.44. The predicted molar refractivity (Wildman–Crippen MR) is 138 cm³/mol. The van der Waals surface area contributed by atoms with Crippen molar-refractivity contribution in [3.63, 3.8) is 0 Å². The molecule has 6 heteroatoms. The molecule has 6 nitrogen and oxygen atoms in total. The zero-order valence-corrected chi connectivity index (χ0v) is 21.9. The summed E-state index contributed by atoms with van der Waals surface area (Å²) in [5.41, 5.74) is 5.60. The second-order valence-electron chi connectivity index (χ2n) is 10.2. The van der Waals surface area contributed by atoms with Gasteiger partial charge in [0.25, 0.3) is 0 Å². The van der Waals surface area contributed by atoms with Gasteiger partial charge in [-0.3, -0.25) is 4.90 Å². The Kier molecular flexibility index (Phi) is 7.12. The number of fused-ring (bicyclic) bond motifs is 4. The second-order valence-corrected chi connectivity index (χ2v) is 10.2. The van der Waals surface area contributed by atoms with Crippen LogP contribution >= 0.6 is 0 Å². The largest absolute Gasteiger partial charge is 0.493 e. The Balaban J connectivity index is 1.43. The number of hydrogen-bond donors (Lipinski definition) is 1. The van der Waals surface area contributed by atoms with Crippen molar-refractivity contribution in [3.05, 3.63) is 46.5 Å². The number of benzene rings is 2. The maximum atomic E-state index is 5.68. The maximum absolute atomic E-state index is 5.68. The van der Waals surface area contributed by atoms with E-state index >= 15 is 0 Å². The Bertz CT molecular complexity index is 1050. The smallest absolute Gasteiger partial charge is 0.161 e. The van der Waals surface area contributed by atoms with Crippen molar-refractivity contribution < 1.29 is 18.9 Å². The van der Waals surface area contributed by atoms with Crippen LogP contribution in [0.5, 0.6) is 23.0 Å². The molecule has 4 atom stereocenters. The standard InChI is InChI=1S/C29H40N2O4/c1-6-18-17-31-10-8-20-14-27(33-3)29(35-5)16-23(20)25(31)12-21(18)11-24-22-15-28(34-4)26(32-2)13-19(22)7-9-30-24/h13-16,18,21,24-25,30H,6-12,17H2,1-5H3/t18-,21+,24+,25+/m0/s1. The summed E-state index contributed by atoms with van der Waals surface area (Å²) in [5, 5.41) is 3.83. The summed E-state index contributed by atoms with van der Waals surface area (Å²) in [4.78, 5) is 2.72. The number of nitrogens with zero attached hydrogens (tertiary/aromatic N) is 1. The van der Waals surface area contributed by atoms with Gasteiger partial charge in [-0.2, -0.15) is 0 Å². The van der Waals surface area contributed by atoms with Crippen LogP contribution in [0.4, 0.5) is 0 Å². The van der Waals surface area contributed by atoms with Gasteiger partial charge in [0.1, 0.15) is 0 Å². The fourth-order valence-corrected chi connectivity index (χ4v) is 6.74. The van der Waals surface area contributed by atoms with Gasteiger partial charge >= 0.3 is 0 Å². The van der Waals surface area contributed by atoms with E-state index in [0.29, 0.717) is 23.9 Å². The molecular formula is C29H40N2O4. The van der Waals surface area contributed by atoms with Crippen LogP contribution in [0.25, 0.3) is 0 Å². The van der Waals surface area contributed by atoms with Crippen LogP contribution in [-0.4, -0.2) is 53.0 Å². The molecule has 0 radical (unpaired) electrons. The molecule has 1 fully saturated rings. The lowest BCUT2D eigenvalue weighted by atomic mass is 9.72. The molecule has 1 saturated heterocycles. The first kappa shape index (κ1) is 24.3. The summed E-state index contributed by atoms with van der Waals surface area (Å²) in [7, 11) is 6.90. The molecule has 2 aromatic carbocycles. The van der Waals surface area contributed by atoms with Crippen LogP contribution in [-0.2, 0) is 12.8 Å². The average Bonchev–Trinajstić information content (AvgIpc) is 2.91. The van der Waals surface area contributed by atoms with E-state index in [9.17, 15) is 0 Å². The van der Waals surface area contributed by atoms with Crippen LogP contribution in [0.1, 0.15) is 60.5 Å². The zero-order valence-electron chi connectivity index (χ0n) is 21.9. The zero-order chi connectivity index (χ0) is 24.5. The molecule has 1 N–H and O–H groups in total. The van der Waals surface area contributed by atoms with E-state index < -0.39 is 0 Å². The molecule has 2 aromatic rings. The quantitative estimate of drug-likeness (QED) is 0.606. The van der Waals surface area contributed by atoms with E-state index in [1.165, 1.54) is 41.6 Å². The molecule has 35 heavy (non-hydrogen) atoms. The SMILES string of the molecule is CC[C@H]1CN2CCc3cc(OC)c(OC)cc3[C@H]2C[C@H]1C[C@H]1NCCc2cc(OC)c(OC)cc21. The summed E-state index contributed by atoms with van der Waals surface area (Å²) >= 11 is 0. The molecule has 3 aliphatic heterocycles. The summed E-state index contributed by atoms with van der Waals surface area (Å²) in [6.45, 7) is 5.66. The van der Waals surface area contributed by atoms with Gasteiger partial charge in [0.15, 0.2) is 23.0 Å². The third-order valence-corrected chi connectivity index (χ3v) is 8.64. The summed E-state index contributed by atoms with van der Waals surface area (Å²) in [6.07, 6.45) is 5.65. The third-order valence-electron chi connectivity index (χ3n) is 8.64. The van der Waals surface area contributed by atoms with Crippen LogP contribution in [0.2, 0.25) is 0 Å². The van der Waals surface area contributed by atoms with Crippen molar-refractivity contribution in [2.75, 3.05) is 48.1 Å². The molecule has 3 heterocycles. The molecule has 0 amide bonds. The molecule has 0 unspecified atom stereocenters. The minimum absolute atomic E-state index is 0.345. The molecule has 5 rings (SSSR count). The summed E-state index contributed by atoms with van der Waals surface area (Å²) in [6, 6.07) is 9.61. The first-order valence-electron chi connectivity index (χ1n) is 13.1. The van der Waals surface area contributed by atoms with Gasteiger partial charge in [-0.1, -0.05) is 13.3 Å². The van der Waals surface area contributed by atoms with Crippen LogP contribution in [0.3, 0.4) is 0 Å². The van der Waals surface area contributed by atoms with Crippen molar-refractivity contribution in [2.45, 2.75) is 51.1 Å². The van der Waals surface area contributed by atoms with Gasteiger partial charge in [-0.15, -0.1) is 0 Å². The van der Waals surface area contributed by atoms with Gasteiger partial charge in [0.05, 0.1) is 28.4 Å². The Morgan fingerprint density at radius 3 is 2.03 bits per heavy atom. The van der Waals surface area contributed by atoms with Gasteiger partial charge in [0.2, 0.25) is 0 Å². The lowest BCUT2D eigenvalue weighted by molar-refractivity contribution is 0.0434. The van der Waals surface area contributed by atoms with Gasteiger partial charge in [0, 0.05) is 25.2 Å². The van der Waals surface area contributed by atoms with E-state index in [2.05, 4.69) is 41.4 Å². The molecule has 190 valence electrons. The highest BCUT2D eigenvalue weighted by molar-refractivity contribution is 5.50. The number of nitrogens with one attached hydrogen (secondary N) is 1. The van der Waals surface area contributed by atoms with Crippen LogP contribution in [0, 0.1) is 11.8 Å². The van der Waals surface area contributed by atoms with Crippen molar-refractivity contribution in [1.29, 1.82) is 0 Å². The first-order chi connectivity index (χ1) is 17.1. The predicted octanol–water partition coefficient (Wildman–Crippen LogP) is 4.94. The number of piperidine rings is 1. The normalized spacial score (nSPS) is 25.7. The third kappa shape index (κ3) is 4.47. The van der Waals surface area contributed by atoms with Crippen LogP contribution < -0.4 is 24.3 Å². The van der Waals surface area contributed by atoms with Gasteiger partial charge in [-0.25, -0.2) is 0 Å².